The minimum absolute atomic E-state index is 0.235. The van der Waals surface area contributed by atoms with E-state index in [1.165, 1.54) is 5.57 Å². The van der Waals surface area contributed by atoms with Gasteiger partial charge in [0.25, 0.3) is 0 Å². The Kier molecular flexibility index (Phi) is 2.35. The quantitative estimate of drug-likeness (QED) is 0.723. The van der Waals surface area contributed by atoms with Gasteiger partial charge in [-0.3, -0.25) is 0 Å². The van der Waals surface area contributed by atoms with Gasteiger partial charge >= 0.3 is 0 Å². The fourth-order valence-corrected chi connectivity index (χ4v) is 1.63. The lowest BCUT2D eigenvalue weighted by Gasteiger charge is -2.23. The zero-order valence-electron chi connectivity index (χ0n) is 7.81. The maximum Gasteiger partial charge on any atom is 0.123 e. The largest absolute Gasteiger partial charge is 0.508 e. The summed E-state index contributed by atoms with van der Waals surface area (Å²) in [5.74, 6) is 0.518. The molecule has 1 aromatic carbocycles. The lowest BCUT2D eigenvalue weighted by Crippen LogP contribution is -2.15. The van der Waals surface area contributed by atoms with Gasteiger partial charge in [-0.2, -0.15) is 0 Å². The summed E-state index contributed by atoms with van der Waals surface area (Å²) in [5, 5.41) is 9.08. The number of aldehydes is 1. The standard InChI is InChI=1S/C12H12O2/c13-8-11-6-10(7-11)5-9-1-3-12(14)4-2-9/h1-5,8,11,14H,6-7H2. The molecule has 0 spiro atoms. The number of benzene rings is 1. The van der Waals surface area contributed by atoms with E-state index in [0.717, 1.165) is 24.7 Å². The van der Waals surface area contributed by atoms with Gasteiger partial charge in [-0.05, 0) is 30.5 Å². The molecule has 0 atom stereocenters. The van der Waals surface area contributed by atoms with E-state index in [0.29, 0.717) is 0 Å². The average molecular weight is 188 g/mol. The summed E-state index contributed by atoms with van der Waals surface area (Å²) in [4.78, 5) is 10.4. The van der Waals surface area contributed by atoms with E-state index in [9.17, 15) is 4.79 Å². The van der Waals surface area contributed by atoms with Gasteiger partial charge in [0, 0.05) is 5.92 Å². The van der Waals surface area contributed by atoms with Gasteiger partial charge in [-0.1, -0.05) is 23.8 Å². The number of phenols is 1. The highest BCUT2D eigenvalue weighted by atomic mass is 16.3. The molecular weight excluding hydrogens is 176 g/mol. The smallest absolute Gasteiger partial charge is 0.123 e. The van der Waals surface area contributed by atoms with Gasteiger partial charge in [-0.15, -0.1) is 0 Å². The Bertz CT molecular complexity index is 354. The number of hydrogen-bond acceptors (Lipinski definition) is 2. The molecule has 1 fully saturated rings. The second-order valence-corrected chi connectivity index (χ2v) is 3.70. The number of rotatable bonds is 2. The van der Waals surface area contributed by atoms with Crippen LogP contribution in [0.2, 0.25) is 0 Å². The third kappa shape index (κ3) is 1.84. The molecule has 1 aromatic rings. The summed E-state index contributed by atoms with van der Waals surface area (Å²) in [6.45, 7) is 0. The highest BCUT2D eigenvalue weighted by Gasteiger charge is 2.21. The summed E-state index contributed by atoms with van der Waals surface area (Å²) < 4.78 is 0. The van der Waals surface area contributed by atoms with Crippen molar-refractivity contribution in [1.82, 2.24) is 0 Å². The second kappa shape index (κ2) is 3.66. The van der Waals surface area contributed by atoms with Gasteiger partial charge in [0.15, 0.2) is 0 Å². The molecule has 0 amide bonds. The predicted octanol–water partition coefficient (Wildman–Crippen LogP) is 2.38. The first-order valence-corrected chi connectivity index (χ1v) is 4.71. The number of hydrogen-bond donors (Lipinski definition) is 1. The van der Waals surface area contributed by atoms with Gasteiger partial charge in [0.1, 0.15) is 12.0 Å². The monoisotopic (exact) mass is 188 g/mol. The van der Waals surface area contributed by atoms with E-state index < -0.39 is 0 Å². The van der Waals surface area contributed by atoms with Crippen molar-refractivity contribution in [2.75, 3.05) is 0 Å². The Balaban J connectivity index is 2.05. The van der Waals surface area contributed by atoms with Crippen LogP contribution >= 0.6 is 0 Å². The maximum atomic E-state index is 10.4. The van der Waals surface area contributed by atoms with Crippen molar-refractivity contribution in [3.63, 3.8) is 0 Å². The third-order valence-corrected chi connectivity index (χ3v) is 2.51. The molecule has 0 saturated heterocycles. The van der Waals surface area contributed by atoms with Gasteiger partial charge in [0.2, 0.25) is 0 Å². The molecule has 1 saturated carbocycles. The van der Waals surface area contributed by atoms with E-state index in [4.69, 9.17) is 5.11 Å². The van der Waals surface area contributed by atoms with Crippen LogP contribution in [0.4, 0.5) is 0 Å². The Morgan fingerprint density at radius 2 is 1.86 bits per heavy atom. The zero-order valence-corrected chi connectivity index (χ0v) is 7.81. The number of phenolic OH excluding ortho intramolecular Hbond substituents is 1. The first-order valence-electron chi connectivity index (χ1n) is 4.71. The molecule has 0 bridgehead atoms. The molecule has 1 aliphatic carbocycles. The first kappa shape index (κ1) is 9.00. The third-order valence-electron chi connectivity index (χ3n) is 2.51. The zero-order chi connectivity index (χ0) is 9.97. The second-order valence-electron chi connectivity index (χ2n) is 3.70. The molecule has 2 rings (SSSR count). The Hall–Kier alpha value is -1.57. The van der Waals surface area contributed by atoms with E-state index in [1.807, 2.05) is 12.1 Å². The van der Waals surface area contributed by atoms with Gasteiger partial charge in [-0.25, -0.2) is 0 Å². The minimum Gasteiger partial charge on any atom is -0.508 e. The predicted molar refractivity (Wildman–Crippen MR) is 54.9 cm³/mol. The van der Waals surface area contributed by atoms with E-state index >= 15 is 0 Å². The van der Waals surface area contributed by atoms with Crippen LogP contribution in [-0.2, 0) is 4.79 Å². The summed E-state index contributed by atoms with van der Waals surface area (Å²) in [6.07, 6.45) is 4.89. The SMILES string of the molecule is O=CC1CC(=Cc2ccc(O)cc2)C1. The fourth-order valence-electron chi connectivity index (χ4n) is 1.63. The molecule has 72 valence electrons. The van der Waals surface area contributed by atoms with Crippen molar-refractivity contribution in [1.29, 1.82) is 0 Å². The van der Waals surface area contributed by atoms with Crippen LogP contribution in [0, 0.1) is 5.92 Å². The molecule has 0 aliphatic heterocycles. The Labute approximate surface area is 82.9 Å². The van der Waals surface area contributed by atoms with Crippen LogP contribution < -0.4 is 0 Å². The van der Waals surface area contributed by atoms with Crippen LogP contribution in [0.15, 0.2) is 29.8 Å². The molecule has 0 radical (unpaired) electrons. The molecule has 2 nitrogen and oxygen atoms in total. The lowest BCUT2D eigenvalue weighted by atomic mass is 9.80. The van der Waals surface area contributed by atoms with Crippen molar-refractivity contribution < 1.29 is 9.90 Å². The highest BCUT2D eigenvalue weighted by molar-refractivity contribution is 5.63. The van der Waals surface area contributed by atoms with E-state index in [2.05, 4.69) is 6.08 Å². The summed E-state index contributed by atoms with van der Waals surface area (Å²) in [5.41, 5.74) is 2.40. The van der Waals surface area contributed by atoms with Crippen LogP contribution in [0.1, 0.15) is 18.4 Å². The van der Waals surface area contributed by atoms with Crippen LogP contribution in [-0.4, -0.2) is 11.4 Å². The number of carbonyl (C=O) groups excluding carboxylic acids is 1. The number of aromatic hydroxyl groups is 1. The minimum atomic E-state index is 0.235. The summed E-state index contributed by atoms with van der Waals surface area (Å²) in [7, 11) is 0. The fraction of sp³-hybridized carbons (Fsp3) is 0.250. The topological polar surface area (TPSA) is 37.3 Å². The molecule has 2 heteroatoms. The van der Waals surface area contributed by atoms with Crippen LogP contribution in [0.3, 0.4) is 0 Å². The molecule has 0 heterocycles. The van der Waals surface area contributed by atoms with Crippen molar-refractivity contribution in [2.45, 2.75) is 12.8 Å². The molecular formula is C12H12O2. The molecule has 0 aromatic heterocycles. The Morgan fingerprint density at radius 1 is 1.21 bits per heavy atom. The number of allylic oxidation sites excluding steroid dienone is 1. The number of carbonyl (C=O) groups is 1. The summed E-state index contributed by atoms with van der Waals surface area (Å²) >= 11 is 0. The average Bonchev–Trinajstić information content (AvgIpc) is 2.13. The lowest BCUT2D eigenvalue weighted by molar-refractivity contribution is -0.112. The molecule has 1 aliphatic rings. The van der Waals surface area contributed by atoms with Crippen molar-refractivity contribution in [3.8, 4) is 5.75 Å². The van der Waals surface area contributed by atoms with Gasteiger partial charge in [0.05, 0.1) is 0 Å². The molecule has 0 unspecified atom stereocenters. The summed E-state index contributed by atoms with van der Waals surface area (Å²) in [6, 6.07) is 7.08. The van der Waals surface area contributed by atoms with Crippen molar-refractivity contribution in [3.05, 3.63) is 35.4 Å². The Morgan fingerprint density at radius 3 is 2.43 bits per heavy atom. The van der Waals surface area contributed by atoms with Crippen molar-refractivity contribution >= 4 is 12.4 Å². The first-order chi connectivity index (χ1) is 6.78. The van der Waals surface area contributed by atoms with Gasteiger partial charge < -0.3 is 9.90 Å². The van der Waals surface area contributed by atoms with E-state index in [-0.39, 0.29) is 11.7 Å². The maximum absolute atomic E-state index is 10.4. The molecule has 14 heavy (non-hydrogen) atoms. The van der Waals surface area contributed by atoms with Crippen LogP contribution in [0.25, 0.3) is 6.08 Å². The van der Waals surface area contributed by atoms with E-state index in [1.54, 1.807) is 12.1 Å². The highest BCUT2D eigenvalue weighted by Crippen LogP contribution is 2.32. The molecule has 1 N–H and O–H groups in total. The normalized spacial score (nSPS) is 20.0. The van der Waals surface area contributed by atoms with Crippen molar-refractivity contribution in [2.24, 2.45) is 5.92 Å². The van der Waals surface area contributed by atoms with Crippen LogP contribution in [0.5, 0.6) is 5.75 Å².